The summed E-state index contributed by atoms with van der Waals surface area (Å²) in [4.78, 5) is 54.3. The van der Waals surface area contributed by atoms with E-state index in [1.54, 1.807) is 6.20 Å². The van der Waals surface area contributed by atoms with Gasteiger partial charge in [0.15, 0.2) is 10.9 Å². The van der Waals surface area contributed by atoms with Gasteiger partial charge in [0.1, 0.15) is 5.52 Å². The number of aliphatic carboxylic acids is 1. The second kappa shape index (κ2) is 15.1. The number of aliphatic imine (C=N–C) groups is 1. The number of hydrogen-bond donors (Lipinski definition) is 4. The number of carbonyl (C=O) groups excluding carboxylic acids is 2. The molecule has 4 N–H and O–H groups in total. The van der Waals surface area contributed by atoms with Crippen LogP contribution >= 0.6 is 11.8 Å². The van der Waals surface area contributed by atoms with Gasteiger partial charge in [0.05, 0.1) is 19.7 Å². The Morgan fingerprint density at radius 1 is 1.06 bits per heavy atom. The summed E-state index contributed by atoms with van der Waals surface area (Å²) in [5, 5.41) is 20.3. The van der Waals surface area contributed by atoms with Gasteiger partial charge >= 0.3 is 12.1 Å². The number of methoxy groups -OCH3 is 1. The van der Waals surface area contributed by atoms with Gasteiger partial charge in [-0.15, -0.1) is 0 Å². The quantitative estimate of drug-likeness (QED) is 0.164. The molecule has 4 aromatic rings. The van der Waals surface area contributed by atoms with Crippen molar-refractivity contribution >= 4 is 62.9 Å². The molecule has 2 aromatic heterocycles. The summed E-state index contributed by atoms with van der Waals surface area (Å²) in [5.74, 6) is -0.252. The number of hydrogen-bond acceptors (Lipinski definition) is 11. The molecule has 2 atom stereocenters. The first kappa shape index (κ1) is 34.4. The number of piperidine rings is 1. The van der Waals surface area contributed by atoms with Crippen LogP contribution in [0, 0.1) is 6.92 Å². The summed E-state index contributed by atoms with van der Waals surface area (Å²) in [7, 11) is 1.34. The van der Waals surface area contributed by atoms with Crippen molar-refractivity contribution in [2.75, 3.05) is 56.6 Å². The summed E-state index contributed by atoms with van der Waals surface area (Å²) in [5.41, 5.74) is 7.95. The fraction of sp³-hybridized carbons (Fsp3) is 0.351. The second-order valence-electron chi connectivity index (χ2n) is 12.9. The molecular formula is C37H40N8O5S. The number of rotatable bonds is 11. The molecule has 2 aromatic carbocycles. The van der Waals surface area contributed by atoms with E-state index in [0.717, 1.165) is 62.9 Å². The molecule has 7 rings (SSSR count). The third kappa shape index (κ3) is 7.39. The van der Waals surface area contributed by atoms with Gasteiger partial charge in [0.25, 0.3) is 5.91 Å². The summed E-state index contributed by atoms with van der Waals surface area (Å²) in [6.45, 7) is 5.63. The topological polar surface area (TPSA) is 161 Å². The number of fused-ring (bicyclic) bond motifs is 3. The smallest absolute Gasteiger partial charge is 0.406 e. The summed E-state index contributed by atoms with van der Waals surface area (Å²) >= 11 is 1.49. The Balaban J connectivity index is 1.06. The predicted molar refractivity (Wildman–Crippen MR) is 199 cm³/mol. The number of aromatic nitrogens is 2. The molecule has 0 aliphatic carbocycles. The zero-order valence-corrected chi connectivity index (χ0v) is 29.3. The fourth-order valence-electron chi connectivity index (χ4n) is 7.05. The largest absolute Gasteiger partial charge is 0.480 e. The number of nitrogens with zero attached hydrogens (tertiary/aromatic N) is 5. The van der Waals surface area contributed by atoms with E-state index in [9.17, 15) is 19.5 Å². The Morgan fingerprint density at radius 2 is 1.90 bits per heavy atom. The highest BCUT2D eigenvalue weighted by Gasteiger charge is 2.40. The van der Waals surface area contributed by atoms with Gasteiger partial charge in [0.2, 0.25) is 0 Å². The Kier molecular flexibility index (Phi) is 10.2. The van der Waals surface area contributed by atoms with E-state index in [1.165, 1.54) is 18.9 Å². The van der Waals surface area contributed by atoms with E-state index >= 15 is 0 Å². The zero-order valence-electron chi connectivity index (χ0n) is 28.5. The van der Waals surface area contributed by atoms with Crippen molar-refractivity contribution in [3.8, 4) is 11.1 Å². The van der Waals surface area contributed by atoms with E-state index in [1.807, 2.05) is 46.3 Å². The van der Waals surface area contributed by atoms with E-state index in [2.05, 4.69) is 50.8 Å². The molecule has 2 unspecified atom stereocenters. The monoisotopic (exact) mass is 708 g/mol. The number of carboxylic acids is 1. The maximum absolute atomic E-state index is 13.8. The van der Waals surface area contributed by atoms with Crippen molar-refractivity contribution in [1.82, 2.24) is 25.5 Å². The Labute approximate surface area is 299 Å². The molecule has 0 radical (unpaired) electrons. The highest BCUT2D eigenvalue weighted by atomic mass is 32.2. The van der Waals surface area contributed by atoms with Gasteiger partial charge in [-0.3, -0.25) is 24.5 Å². The number of anilines is 3. The number of benzene rings is 2. The van der Waals surface area contributed by atoms with Gasteiger partial charge in [0, 0.05) is 73.7 Å². The van der Waals surface area contributed by atoms with E-state index in [4.69, 9.17) is 9.98 Å². The maximum Gasteiger partial charge on any atom is 0.406 e. The van der Waals surface area contributed by atoms with Crippen LogP contribution in [0.3, 0.4) is 0 Å². The molecule has 1 saturated heterocycles. The standard InChI is InChI=1S/C37H40N8O5S/c1-22-25(5-3-7-28(22)42-34-33-24(9-12-39-34)17-23(19-41-33)18-38-13-14-40-37(49)50-2)26-6-4-8-30-27(26)10-16-45(30)36(48)35-43-29-11-15-44(21-32(46)47)20-31(29)51-35/h3-9,12,17,19,29,31,38H,10-11,13-16,18,20-21H2,1-2H3,(H,39,42)(H,40,49)(H,46,47). The number of amides is 2. The molecule has 1 fully saturated rings. The Morgan fingerprint density at radius 3 is 2.75 bits per heavy atom. The number of carbonyl (C=O) groups is 3. The van der Waals surface area contributed by atoms with E-state index in [0.29, 0.717) is 50.1 Å². The number of alkyl carbamates (subject to hydrolysis) is 1. The zero-order chi connectivity index (χ0) is 35.5. The van der Waals surface area contributed by atoms with Crippen LogP contribution in [0.1, 0.15) is 23.1 Å². The van der Waals surface area contributed by atoms with Gasteiger partial charge in [-0.1, -0.05) is 36.0 Å². The lowest BCUT2D eigenvalue weighted by Crippen LogP contribution is -2.45. The van der Waals surface area contributed by atoms with Crippen LogP contribution in [0.15, 0.2) is 65.9 Å². The second-order valence-corrected chi connectivity index (χ2v) is 14.1. The van der Waals surface area contributed by atoms with E-state index in [-0.39, 0.29) is 23.7 Å². The molecule has 0 saturated carbocycles. The number of thioether (sulfide) groups is 1. The van der Waals surface area contributed by atoms with Crippen LogP contribution < -0.4 is 20.9 Å². The lowest BCUT2D eigenvalue weighted by atomic mass is 9.93. The molecule has 3 aliphatic rings. The average molecular weight is 709 g/mol. The van der Waals surface area contributed by atoms with Crippen LogP contribution in [-0.4, -0.2) is 101 Å². The maximum atomic E-state index is 13.8. The summed E-state index contributed by atoms with van der Waals surface area (Å²) < 4.78 is 4.59. The van der Waals surface area contributed by atoms with Crippen molar-refractivity contribution in [3.05, 3.63) is 77.6 Å². The van der Waals surface area contributed by atoms with Crippen LogP contribution in [0.2, 0.25) is 0 Å². The number of pyridine rings is 2. The minimum Gasteiger partial charge on any atom is -0.480 e. The predicted octanol–water partition coefficient (Wildman–Crippen LogP) is 4.36. The number of ether oxygens (including phenoxy) is 1. The third-order valence-electron chi connectivity index (χ3n) is 9.59. The molecule has 5 heterocycles. The molecular weight excluding hydrogens is 669 g/mol. The van der Waals surface area contributed by atoms with Crippen molar-refractivity contribution in [2.24, 2.45) is 4.99 Å². The normalized spacial score (nSPS) is 18.2. The lowest BCUT2D eigenvalue weighted by molar-refractivity contribution is -0.138. The van der Waals surface area contributed by atoms with Crippen LogP contribution in [0.4, 0.5) is 22.0 Å². The van der Waals surface area contributed by atoms with Gasteiger partial charge < -0.3 is 30.7 Å². The number of carboxylic acid groups (broad SMARTS) is 1. The summed E-state index contributed by atoms with van der Waals surface area (Å²) in [6, 6.07) is 16.4. The molecule has 51 heavy (non-hydrogen) atoms. The molecule has 13 nitrogen and oxygen atoms in total. The van der Waals surface area contributed by atoms with Gasteiger partial charge in [-0.25, -0.2) is 9.78 Å². The van der Waals surface area contributed by atoms with Gasteiger partial charge in [-0.2, -0.15) is 0 Å². The third-order valence-corrected chi connectivity index (χ3v) is 10.9. The fourth-order valence-corrected chi connectivity index (χ4v) is 8.39. The minimum absolute atomic E-state index is 0.0146. The molecule has 2 amide bonds. The molecule has 3 aliphatic heterocycles. The molecule has 0 spiro atoms. The first-order valence-electron chi connectivity index (χ1n) is 17.0. The van der Waals surface area contributed by atoms with Crippen molar-refractivity contribution in [2.45, 2.75) is 37.6 Å². The van der Waals surface area contributed by atoms with Crippen molar-refractivity contribution < 1.29 is 24.2 Å². The summed E-state index contributed by atoms with van der Waals surface area (Å²) in [6.07, 6.45) is 4.64. The average Bonchev–Trinajstić information content (AvgIpc) is 3.76. The van der Waals surface area contributed by atoms with Crippen molar-refractivity contribution in [3.63, 3.8) is 0 Å². The Hall–Kier alpha value is -5.05. The molecule has 0 bridgehead atoms. The first-order valence-corrected chi connectivity index (χ1v) is 17.9. The highest BCUT2D eigenvalue weighted by molar-refractivity contribution is 8.16. The van der Waals surface area contributed by atoms with Crippen LogP contribution in [0.5, 0.6) is 0 Å². The van der Waals surface area contributed by atoms with Crippen LogP contribution in [-0.2, 0) is 27.3 Å². The first-order chi connectivity index (χ1) is 24.8. The van der Waals surface area contributed by atoms with Crippen molar-refractivity contribution in [1.29, 1.82) is 0 Å². The van der Waals surface area contributed by atoms with E-state index < -0.39 is 12.1 Å². The number of nitrogens with one attached hydrogen (secondary N) is 3. The van der Waals surface area contributed by atoms with Gasteiger partial charge in [-0.05, 0) is 71.8 Å². The Bertz CT molecular complexity index is 2020. The highest BCUT2D eigenvalue weighted by Crippen LogP contribution is 2.41. The number of likely N-dealkylation sites (tertiary alicyclic amines) is 1. The SMILES string of the molecule is COC(=O)NCCNCc1cnc2c(Nc3cccc(-c4cccc5c4CCN5C(=O)C4=NC5CCN(CC(=O)O)CC5S4)c3C)nccc2c1. The minimum atomic E-state index is -0.833. The lowest BCUT2D eigenvalue weighted by Gasteiger charge is -2.32. The van der Waals surface area contributed by atoms with Crippen LogP contribution in [0.25, 0.3) is 22.0 Å². The molecule has 14 heteroatoms. The molecule has 264 valence electrons.